The van der Waals surface area contributed by atoms with Crippen molar-refractivity contribution in [2.24, 2.45) is 0 Å². The van der Waals surface area contributed by atoms with E-state index in [0.717, 1.165) is 40.3 Å². The molecule has 2 aromatic rings. The van der Waals surface area contributed by atoms with Gasteiger partial charge < -0.3 is 14.7 Å². The molecule has 0 atom stereocenters. The summed E-state index contributed by atoms with van der Waals surface area (Å²) in [6.45, 7) is 5.67. The molecule has 0 unspecified atom stereocenters. The lowest BCUT2D eigenvalue weighted by atomic mass is 10.2. The second kappa shape index (κ2) is 8.53. The summed E-state index contributed by atoms with van der Waals surface area (Å²) >= 11 is 3.43. The first-order valence-electron chi connectivity index (χ1n) is 9.59. The summed E-state index contributed by atoms with van der Waals surface area (Å²) in [6.07, 6.45) is 0.546. The van der Waals surface area contributed by atoms with Crippen molar-refractivity contribution in [1.82, 2.24) is 9.88 Å². The molecule has 0 saturated carbocycles. The maximum atomic E-state index is 12.7. The quantitative estimate of drug-likeness (QED) is 0.767. The van der Waals surface area contributed by atoms with Crippen LogP contribution in [0.15, 0.2) is 34.5 Å². The van der Waals surface area contributed by atoms with Crippen molar-refractivity contribution in [3.05, 3.63) is 35.3 Å². The monoisotopic (exact) mass is 416 g/mol. The summed E-state index contributed by atoms with van der Waals surface area (Å²) in [5.74, 6) is 1.01. The fraction of sp³-hybridized carbons (Fsp3) is 0.450. The minimum atomic E-state index is 0.0398. The number of amides is 2. The number of carbonyl (C=O) groups is 2. The molecule has 28 heavy (non-hydrogen) atoms. The van der Waals surface area contributed by atoms with Crippen LogP contribution < -0.4 is 9.80 Å². The number of hydrogen-bond acceptors (Lipinski definition) is 6. The first kappa shape index (κ1) is 19.3. The Morgan fingerprint density at radius 2 is 1.79 bits per heavy atom. The van der Waals surface area contributed by atoms with E-state index in [2.05, 4.69) is 15.3 Å². The van der Waals surface area contributed by atoms with Crippen LogP contribution in [-0.2, 0) is 9.59 Å². The van der Waals surface area contributed by atoms with E-state index in [1.54, 1.807) is 23.1 Å². The van der Waals surface area contributed by atoms with Gasteiger partial charge in [-0.15, -0.1) is 23.1 Å². The summed E-state index contributed by atoms with van der Waals surface area (Å²) < 4.78 is 0. The molecule has 0 N–H and O–H groups in total. The molecule has 6 nitrogen and oxygen atoms in total. The van der Waals surface area contributed by atoms with Gasteiger partial charge in [0.15, 0.2) is 5.13 Å². The number of benzene rings is 1. The Labute approximate surface area is 173 Å². The van der Waals surface area contributed by atoms with Crippen molar-refractivity contribution >= 4 is 45.7 Å². The molecular weight excluding hydrogens is 392 g/mol. The number of thiazole rings is 1. The Balaban J connectivity index is 1.28. The van der Waals surface area contributed by atoms with Crippen molar-refractivity contribution in [1.29, 1.82) is 0 Å². The van der Waals surface area contributed by atoms with Crippen LogP contribution in [0.2, 0.25) is 0 Å². The molecule has 2 aliphatic heterocycles. The Kier molecular flexibility index (Phi) is 5.87. The van der Waals surface area contributed by atoms with Gasteiger partial charge in [0.05, 0.1) is 11.4 Å². The highest BCUT2D eigenvalue weighted by Gasteiger charge is 2.26. The summed E-state index contributed by atoms with van der Waals surface area (Å²) in [7, 11) is 0. The molecule has 1 aromatic carbocycles. The maximum Gasteiger partial charge on any atom is 0.227 e. The summed E-state index contributed by atoms with van der Waals surface area (Å²) in [6, 6.07) is 7.99. The van der Waals surface area contributed by atoms with E-state index in [0.29, 0.717) is 19.6 Å². The Morgan fingerprint density at radius 1 is 1.04 bits per heavy atom. The molecule has 3 heterocycles. The summed E-state index contributed by atoms with van der Waals surface area (Å²) in [5, 5.41) is 3.08. The van der Waals surface area contributed by atoms with Crippen molar-refractivity contribution < 1.29 is 9.59 Å². The molecule has 0 spiro atoms. The van der Waals surface area contributed by atoms with Gasteiger partial charge in [0.25, 0.3) is 0 Å². The van der Waals surface area contributed by atoms with Crippen LogP contribution in [0.25, 0.3) is 0 Å². The van der Waals surface area contributed by atoms with Crippen LogP contribution >= 0.6 is 23.1 Å². The van der Waals surface area contributed by atoms with Gasteiger partial charge in [0, 0.05) is 61.6 Å². The minimum Gasteiger partial charge on any atom is -0.345 e. The third-order valence-corrected chi connectivity index (χ3v) is 7.15. The lowest BCUT2D eigenvalue weighted by Gasteiger charge is -2.35. The molecule has 1 saturated heterocycles. The Morgan fingerprint density at radius 3 is 2.54 bits per heavy atom. The lowest BCUT2D eigenvalue weighted by Crippen LogP contribution is -2.49. The number of aromatic nitrogens is 1. The molecule has 0 bridgehead atoms. The van der Waals surface area contributed by atoms with Crippen LogP contribution in [0.3, 0.4) is 0 Å². The van der Waals surface area contributed by atoms with Crippen molar-refractivity contribution in [2.45, 2.75) is 24.7 Å². The van der Waals surface area contributed by atoms with E-state index in [1.165, 1.54) is 0 Å². The van der Waals surface area contributed by atoms with Crippen LogP contribution in [0.5, 0.6) is 0 Å². The molecule has 0 radical (unpaired) electrons. The molecule has 1 aromatic heterocycles. The predicted molar refractivity (Wildman–Crippen MR) is 114 cm³/mol. The molecule has 8 heteroatoms. The van der Waals surface area contributed by atoms with Gasteiger partial charge in [-0.25, -0.2) is 4.98 Å². The van der Waals surface area contributed by atoms with Crippen LogP contribution in [-0.4, -0.2) is 60.2 Å². The second-order valence-corrected chi connectivity index (χ2v) is 8.97. The minimum absolute atomic E-state index is 0.0398. The molecule has 1 fully saturated rings. The normalized spacial score (nSPS) is 16.8. The van der Waals surface area contributed by atoms with Crippen LogP contribution in [0, 0.1) is 6.92 Å². The highest BCUT2D eigenvalue weighted by molar-refractivity contribution is 7.99. The van der Waals surface area contributed by atoms with Gasteiger partial charge in [-0.1, -0.05) is 12.1 Å². The fourth-order valence-electron chi connectivity index (χ4n) is 3.57. The third kappa shape index (κ3) is 4.17. The molecular formula is C20H24N4O2S2. The number of thioether (sulfide) groups is 1. The van der Waals surface area contributed by atoms with Gasteiger partial charge in [0.1, 0.15) is 0 Å². The zero-order valence-electron chi connectivity index (χ0n) is 16.0. The molecule has 4 rings (SSSR count). The molecule has 0 aliphatic carbocycles. The van der Waals surface area contributed by atoms with Crippen LogP contribution in [0.4, 0.5) is 10.8 Å². The van der Waals surface area contributed by atoms with E-state index >= 15 is 0 Å². The number of hydrogen-bond donors (Lipinski definition) is 0. The average Bonchev–Trinajstić information content (AvgIpc) is 3.17. The maximum absolute atomic E-state index is 12.7. The zero-order valence-corrected chi connectivity index (χ0v) is 17.6. The topological polar surface area (TPSA) is 56.8 Å². The zero-order chi connectivity index (χ0) is 19.5. The Bertz CT molecular complexity index is 861. The van der Waals surface area contributed by atoms with Crippen molar-refractivity contribution in [2.75, 3.05) is 48.3 Å². The number of fused-ring (bicyclic) bond motifs is 1. The van der Waals surface area contributed by atoms with Gasteiger partial charge in [-0.3, -0.25) is 9.59 Å². The SMILES string of the molecule is Cc1csc(N2CCN(C(=O)CCC(=O)N3CCSc4ccccc43)CC2)n1. The first-order valence-corrected chi connectivity index (χ1v) is 11.5. The number of carbonyl (C=O) groups excluding carboxylic acids is 2. The molecule has 148 valence electrons. The third-order valence-electron chi connectivity index (χ3n) is 5.09. The van der Waals surface area contributed by atoms with Gasteiger partial charge in [-0.05, 0) is 19.1 Å². The number of para-hydroxylation sites is 1. The van der Waals surface area contributed by atoms with E-state index in [-0.39, 0.29) is 24.7 Å². The Hall–Kier alpha value is -2.06. The van der Waals surface area contributed by atoms with Crippen LogP contribution in [0.1, 0.15) is 18.5 Å². The van der Waals surface area contributed by atoms with E-state index < -0.39 is 0 Å². The number of aryl methyl sites for hydroxylation is 1. The van der Waals surface area contributed by atoms with Crippen molar-refractivity contribution in [3.8, 4) is 0 Å². The van der Waals surface area contributed by atoms with Crippen molar-refractivity contribution in [3.63, 3.8) is 0 Å². The number of anilines is 2. The van der Waals surface area contributed by atoms with Gasteiger partial charge >= 0.3 is 0 Å². The standard InChI is InChI=1S/C20H24N4O2S2/c1-15-14-28-20(21-15)23-10-8-22(9-11-23)18(25)6-7-19(26)24-12-13-27-17-5-3-2-4-16(17)24/h2-5,14H,6-13H2,1H3. The molecule has 2 amide bonds. The van der Waals surface area contributed by atoms with E-state index in [1.807, 2.05) is 41.0 Å². The lowest BCUT2D eigenvalue weighted by molar-refractivity contribution is -0.133. The smallest absolute Gasteiger partial charge is 0.227 e. The average molecular weight is 417 g/mol. The summed E-state index contributed by atoms with van der Waals surface area (Å²) in [5.41, 5.74) is 2.01. The van der Waals surface area contributed by atoms with E-state index in [9.17, 15) is 9.59 Å². The molecule has 2 aliphatic rings. The van der Waals surface area contributed by atoms with E-state index in [4.69, 9.17) is 0 Å². The fourth-order valence-corrected chi connectivity index (χ4v) is 5.42. The second-order valence-electron chi connectivity index (χ2n) is 7.00. The first-order chi connectivity index (χ1) is 13.6. The largest absolute Gasteiger partial charge is 0.345 e. The highest BCUT2D eigenvalue weighted by atomic mass is 32.2. The highest BCUT2D eigenvalue weighted by Crippen LogP contribution is 2.34. The number of nitrogens with zero attached hydrogens (tertiary/aromatic N) is 4. The number of rotatable bonds is 4. The predicted octanol–water partition coefficient (Wildman–Crippen LogP) is 3.02. The van der Waals surface area contributed by atoms with Gasteiger partial charge in [0.2, 0.25) is 11.8 Å². The number of piperazine rings is 1. The summed E-state index contributed by atoms with van der Waals surface area (Å²) in [4.78, 5) is 36.9. The van der Waals surface area contributed by atoms with Gasteiger partial charge in [-0.2, -0.15) is 0 Å².